The molecule has 1 saturated heterocycles. The molecule has 0 spiro atoms. The van der Waals surface area contributed by atoms with E-state index in [1.807, 2.05) is 0 Å². The van der Waals surface area contributed by atoms with E-state index in [2.05, 4.69) is 25.7 Å². The van der Waals surface area contributed by atoms with Gasteiger partial charge < -0.3 is 9.16 Å². The lowest BCUT2D eigenvalue weighted by atomic mass is 9.99. The highest BCUT2D eigenvalue weighted by atomic mass is 28.4. The molecule has 0 aromatic heterocycles. The van der Waals surface area contributed by atoms with Crippen LogP contribution in [-0.4, -0.2) is 27.1 Å². The molecule has 0 aliphatic carbocycles. The van der Waals surface area contributed by atoms with E-state index in [-0.39, 0.29) is 0 Å². The van der Waals surface area contributed by atoms with Gasteiger partial charge in [-0.05, 0) is 32.5 Å². The Morgan fingerprint density at radius 2 is 2.15 bits per heavy atom. The van der Waals surface area contributed by atoms with Gasteiger partial charge >= 0.3 is 0 Å². The summed E-state index contributed by atoms with van der Waals surface area (Å²) in [5, 5.41) is 9.07. The van der Waals surface area contributed by atoms with E-state index in [1.54, 1.807) is 0 Å². The Kier molecular flexibility index (Phi) is 3.12. The van der Waals surface area contributed by atoms with Gasteiger partial charge in [0.2, 0.25) is 0 Å². The minimum atomic E-state index is -1.64. The zero-order chi connectivity index (χ0) is 9.95. The van der Waals surface area contributed by atoms with E-state index in [4.69, 9.17) is 14.4 Å². The van der Waals surface area contributed by atoms with Crippen molar-refractivity contribution in [2.24, 2.45) is 0 Å². The number of ether oxygens (including phenoxy) is 1. The third-order valence-corrected chi connectivity index (χ3v) is 2.91. The molecule has 1 aliphatic heterocycles. The highest BCUT2D eigenvalue weighted by Crippen LogP contribution is 2.26. The maximum absolute atomic E-state index is 9.07. The van der Waals surface area contributed by atoms with Crippen molar-refractivity contribution < 1.29 is 9.16 Å². The largest absolute Gasteiger partial charge is 0.398 e. The molecule has 0 amide bonds. The molecule has 1 atom stereocenters. The first-order valence-corrected chi connectivity index (χ1v) is 8.07. The highest BCUT2D eigenvalue weighted by molar-refractivity contribution is 6.69. The Labute approximate surface area is 80.8 Å². The van der Waals surface area contributed by atoms with Crippen LogP contribution in [0.4, 0.5) is 0 Å². The van der Waals surface area contributed by atoms with Crippen LogP contribution < -0.4 is 0 Å². The Hall–Kier alpha value is -0.373. The maximum atomic E-state index is 9.07. The molecule has 1 aliphatic rings. The quantitative estimate of drug-likeness (QED) is 0.638. The molecule has 4 heteroatoms. The number of nitriles is 1. The molecular weight excluding hydrogens is 182 g/mol. The standard InChI is InChI=1S/C9H17NO2Si/c1-13(2,3)12-9(7-10)5-4-6-11-8-9/h4-6,8H2,1-3H3/t9-/m1/s1. The molecule has 0 unspecified atom stereocenters. The van der Waals surface area contributed by atoms with Gasteiger partial charge in [0.25, 0.3) is 0 Å². The predicted octanol–water partition coefficient (Wildman–Crippen LogP) is 1.91. The molecule has 0 bridgehead atoms. The maximum Gasteiger partial charge on any atom is 0.186 e. The summed E-state index contributed by atoms with van der Waals surface area (Å²) in [4.78, 5) is 0. The van der Waals surface area contributed by atoms with Gasteiger partial charge in [0.1, 0.15) is 0 Å². The lowest BCUT2D eigenvalue weighted by Crippen LogP contribution is -2.47. The molecule has 1 fully saturated rings. The fourth-order valence-corrected chi connectivity index (χ4v) is 2.93. The molecule has 0 radical (unpaired) electrons. The zero-order valence-electron chi connectivity index (χ0n) is 8.59. The predicted molar refractivity (Wildman–Crippen MR) is 52.8 cm³/mol. The average molecular weight is 199 g/mol. The van der Waals surface area contributed by atoms with Crippen LogP contribution in [0.5, 0.6) is 0 Å². The zero-order valence-corrected chi connectivity index (χ0v) is 9.59. The summed E-state index contributed by atoms with van der Waals surface area (Å²) in [6, 6.07) is 2.26. The van der Waals surface area contributed by atoms with Crippen LogP contribution in [-0.2, 0) is 9.16 Å². The van der Waals surface area contributed by atoms with Gasteiger partial charge in [-0.2, -0.15) is 5.26 Å². The van der Waals surface area contributed by atoms with Crippen LogP contribution in [0.3, 0.4) is 0 Å². The van der Waals surface area contributed by atoms with Crippen LogP contribution >= 0.6 is 0 Å². The van der Waals surface area contributed by atoms with Crippen molar-refractivity contribution in [1.82, 2.24) is 0 Å². The molecular formula is C9H17NO2Si. The monoisotopic (exact) mass is 199 g/mol. The van der Waals surface area contributed by atoms with Gasteiger partial charge in [-0.15, -0.1) is 0 Å². The van der Waals surface area contributed by atoms with E-state index in [1.165, 1.54) is 0 Å². The second-order valence-corrected chi connectivity index (χ2v) is 8.91. The first-order valence-electron chi connectivity index (χ1n) is 4.67. The van der Waals surface area contributed by atoms with Crippen molar-refractivity contribution >= 4 is 8.32 Å². The first-order chi connectivity index (χ1) is 5.97. The Balaban J connectivity index is 2.65. The SMILES string of the molecule is C[Si](C)(C)O[C@@]1(C#N)CCCOC1. The van der Waals surface area contributed by atoms with E-state index < -0.39 is 13.9 Å². The van der Waals surface area contributed by atoms with Crippen LogP contribution in [0.25, 0.3) is 0 Å². The van der Waals surface area contributed by atoms with E-state index in [0.29, 0.717) is 6.61 Å². The Morgan fingerprint density at radius 1 is 1.46 bits per heavy atom. The van der Waals surface area contributed by atoms with E-state index in [0.717, 1.165) is 19.4 Å². The third kappa shape index (κ3) is 3.11. The van der Waals surface area contributed by atoms with Gasteiger partial charge in [0.05, 0.1) is 12.7 Å². The molecule has 13 heavy (non-hydrogen) atoms. The minimum Gasteiger partial charge on any atom is -0.398 e. The summed E-state index contributed by atoms with van der Waals surface area (Å²) >= 11 is 0. The lowest BCUT2D eigenvalue weighted by molar-refractivity contribution is -0.0382. The van der Waals surface area contributed by atoms with Gasteiger partial charge in [-0.3, -0.25) is 0 Å². The minimum absolute atomic E-state index is 0.438. The topological polar surface area (TPSA) is 42.2 Å². The third-order valence-electron chi connectivity index (χ3n) is 1.91. The Morgan fingerprint density at radius 3 is 2.54 bits per heavy atom. The van der Waals surface area contributed by atoms with Crippen molar-refractivity contribution in [2.75, 3.05) is 13.2 Å². The van der Waals surface area contributed by atoms with Crippen LogP contribution in [0, 0.1) is 11.3 Å². The second-order valence-electron chi connectivity index (χ2n) is 4.48. The molecule has 3 nitrogen and oxygen atoms in total. The summed E-state index contributed by atoms with van der Waals surface area (Å²) in [6.45, 7) is 7.49. The first kappa shape index (κ1) is 10.7. The van der Waals surface area contributed by atoms with Crippen LogP contribution in [0.1, 0.15) is 12.8 Å². The normalized spacial score (nSPS) is 29.7. The van der Waals surface area contributed by atoms with Crippen molar-refractivity contribution in [3.8, 4) is 6.07 Å². The van der Waals surface area contributed by atoms with Gasteiger partial charge in [-0.25, -0.2) is 0 Å². The smallest absolute Gasteiger partial charge is 0.186 e. The van der Waals surface area contributed by atoms with Crippen LogP contribution in [0.2, 0.25) is 19.6 Å². The number of nitrogens with zero attached hydrogens (tertiary/aromatic N) is 1. The van der Waals surface area contributed by atoms with Crippen molar-refractivity contribution in [2.45, 2.75) is 38.1 Å². The summed E-state index contributed by atoms with van der Waals surface area (Å²) in [6.07, 6.45) is 1.74. The average Bonchev–Trinajstić information content (AvgIpc) is 2.03. The van der Waals surface area contributed by atoms with Crippen LogP contribution in [0.15, 0.2) is 0 Å². The number of hydrogen-bond donors (Lipinski definition) is 0. The number of rotatable bonds is 2. The molecule has 0 N–H and O–H groups in total. The van der Waals surface area contributed by atoms with E-state index in [9.17, 15) is 0 Å². The van der Waals surface area contributed by atoms with Crippen molar-refractivity contribution in [3.05, 3.63) is 0 Å². The summed E-state index contributed by atoms with van der Waals surface area (Å²) in [7, 11) is -1.64. The van der Waals surface area contributed by atoms with Gasteiger partial charge in [0.15, 0.2) is 13.9 Å². The van der Waals surface area contributed by atoms with Gasteiger partial charge in [-0.1, -0.05) is 0 Å². The fourth-order valence-electron chi connectivity index (χ4n) is 1.55. The van der Waals surface area contributed by atoms with E-state index >= 15 is 0 Å². The second kappa shape index (κ2) is 3.78. The Bertz CT molecular complexity index is 211. The highest BCUT2D eigenvalue weighted by Gasteiger charge is 2.38. The summed E-state index contributed by atoms with van der Waals surface area (Å²) in [5.41, 5.74) is -0.650. The van der Waals surface area contributed by atoms with Crippen molar-refractivity contribution in [1.29, 1.82) is 5.26 Å². The molecule has 0 aromatic rings. The summed E-state index contributed by atoms with van der Waals surface area (Å²) in [5.74, 6) is 0. The molecule has 0 saturated carbocycles. The molecule has 1 rings (SSSR count). The number of hydrogen-bond acceptors (Lipinski definition) is 3. The summed E-state index contributed by atoms with van der Waals surface area (Å²) < 4.78 is 11.2. The fraction of sp³-hybridized carbons (Fsp3) is 0.889. The molecule has 0 aromatic carbocycles. The van der Waals surface area contributed by atoms with Gasteiger partial charge in [0, 0.05) is 6.61 Å². The molecule has 1 heterocycles. The molecule has 74 valence electrons. The lowest BCUT2D eigenvalue weighted by Gasteiger charge is -2.36. The van der Waals surface area contributed by atoms with Crippen molar-refractivity contribution in [3.63, 3.8) is 0 Å².